The van der Waals surface area contributed by atoms with Crippen molar-refractivity contribution >= 4 is 23.1 Å². The van der Waals surface area contributed by atoms with Gasteiger partial charge in [0.25, 0.3) is 0 Å². The molecule has 0 fully saturated rings. The van der Waals surface area contributed by atoms with Gasteiger partial charge in [0, 0.05) is 16.2 Å². The van der Waals surface area contributed by atoms with Crippen molar-refractivity contribution in [2.45, 2.75) is 33.2 Å². The van der Waals surface area contributed by atoms with Crippen molar-refractivity contribution in [3.63, 3.8) is 0 Å². The molecule has 2 N–H and O–H groups in total. The third-order valence-electron chi connectivity index (χ3n) is 3.16. The van der Waals surface area contributed by atoms with Crippen molar-refractivity contribution in [2.24, 2.45) is 0 Å². The van der Waals surface area contributed by atoms with Gasteiger partial charge in [-0.15, -0.1) is 11.3 Å². The van der Waals surface area contributed by atoms with Crippen LogP contribution >= 0.6 is 11.3 Å². The zero-order valence-electron chi connectivity index (χ0n) is 12.0. The van der Waals surface area contributed by atoms with Crippen LogP contribution < -0.4 is 5.73 Å². The first kappa shape index (κ1) is 14.6. The van der Waals surface area contributed by atoms with E-state index in [2.05, 4.69) is 24.0 Å². The number of nitrogen functional groups attached to an aromatic ring is 1. The first-order valence-electron chi connectivity index (χ1n) is 6.61. The topological polar surface area (TPSA) is 70.1 Å². The molecular weight excluding hydrogens is 274 g/mol. The lowest BCUT2D eigenvalue weighted by Gasteiger charge is -2.07. The summed E-state index contributed by atoms with van der Waals surface area (Å²) in [4.78, 5) is 18.5. The third kappa shape index (κ3) is 2.70. The number of methoxy groups -OCH3 is 1. The smallest absolute Gasteiger partial charge is 0.360 e. The van der Waals surface area contributed by atoms with Crippen LogP contribution in [0.1, 0.15) is 39.9 Å². The zero-order chi connectivity index (χ0) is 14.7. The molecule has 0 saturated carbocycles. The van der Waals surface area contributed by atoms with Gasteiger partial charge < -0.3 is 15.0 Å². The molecule has 2 aromatic rings. The summed E-state index contributed by atoms with van der Waals surface area (Å²) in [7, 11) is 1.33. The monoisotopic (exact) mass is 293 g/mol. The van der Waals surface area contributed by atoms with Gasteiger partial charge in [-0.25, -0.2) is 9.78 Å². The fourth-order valence-corrected chi connectivity index (χ4v) is 3.01. The van der Waals surface area contributed by atoms with Gasteiger partial charge in [0.1, 0.15) is 11.6 Å². The Bertz CT molecular complexity index is 616. The standard InChI is InChI=1S/C14H19N3O2S/c1-4-9-6-7-10(20-9)8-17-11(5-2)16-12(13(17)15)14(18)19-3/h6-7H,4-5,8,15H2,1-3H3. The van der Waals surface area contributed by atoms with Gasteiger partial charge in [-0.1, -0.05) is 13.8 Å². The molecule has 5 nitrogen and oxygen atoms in total. The Morgan fingerprint density at radius 3 is 2.60 bits per heavy atom. The van der Waals surface area contributed by atoms with E-state index in [1.807, 2.05) is 11.5 Å². The molecule has 2 heterocycles. The largest absolute Gasteiger partial charge is 0.464 e. The number of imidazole rings is 1. The predicted octanol–water partition coefficient (Wildman–Crippen LogP) is 2.49. The van der Waals surface area contributed by atoms with E-state index >= 15 is 0 Å². The van der Waals surface area contributed by atoms with Crippen molar-refractivity contribution in [3.05, 3.63) is 33.4 Å². The van der Waals surface area contributed by atoms with Crippen LogP contribution in [-0.2, 0) is 24.1 Å². The molecule has 6 heteroatoms. The number of aromatic nitrogens is 2. The molecule has 108 valence electrons. The first-order valence-corrected chi connectivity index (χ1v) is 7.43. The van der Waals surface area contributed by atoms with E-state index in [1.165, 1.54) is 16.9 Å². The second-order valence-electron chi connectivity index (χ2n) is 4.41. The second kappa shape index (κ2) is 6.09. The molecule has 0 atom stereocenters. The number of esters is 1. The summed E-state index contributed by atoms with van der Waals surface area (Å²) in [5.74, 6) is 0.686. The van der Waals surface area contributed by atoms with E-state index in [0.29, 0.717) is 18.8 Å². The Labute approximate surface area is 122 Å². The van der Waals surface area contributed by atoms with Gasteiger partial charge in [0.2, 0.25) is 0 Å². The maximum absolute atomic E-state index is 11.6. The van der Waals surface area contributed by atoms with Gasteiger partial charge in [-0.05, 0) is 18.6 Å². The van der Waals surface area contributed by atoms with Crippen molar-refractivity contribution in [3.8, 4) is 0 Å². The van der Waals surface area contributed by atoms with Gasteiger partial charge in [-0.3, -0.25) is 0 Å². The minimum Gasteiger partial charge on any atom is -0.464 e. The van der Waals surface area contributed by atoms with Gasteiger partial charge in [-0.2, -0.15) is 0 Å². The highest BCUT2D eigenvalue weighted by Crippen LogP contribution is 2.22. The van der Waals surface area contributed by atoms with Gasteiger partial charge >= 0.3 is 5.97 Å². The molecule has 0 aromatic carbocycles. The average Bonchev–Trinajstić information content (AvgIpc) is 3.04. The maximum atomic E-state index is 11.6. The first-order chi connectivity index (χ1) is 9.60. The normalized spacial score (nSPS) is 10.8. The van der Waals surface area contributed by atoms with E-state index in [4.69, 9.17) is 10.5 Å². The number of nitrogens with zero attached hydrogens (tertiary/aromatic N) is 2. The number of nitrogens with two attached hydrogens (primary N) is 1. The predicted molar refractivity (Wildman–Crippen MR) is 80.2 cm³/mol. The number of hydrogen-bond donors (Lipinski definition) is 1. The molecule has 0 radical (unpaired) electrons. The van der Waals surface area contributed by atoms with Crippen LogP contribution in [-0.4, -0.2) is 22.6 Å². The molecule has 2 aromatic heterocycles. The summed E-state index contributed by atoms with van der Waals surface area (Å²) in [6.45, 7) is 4.77. The molecule has 0 aliphatic heterocycles. The Kier molecular flexibility index (Phi) is 4.44. The fraction of sp³-hybridized carbons (Fsp3) is 0.429. The molecular formula is C14H19N3O2S. The molecule has 0 aliphatic rings. The Hall–Kier alpha value is -1.82. The highest BCUT2D eigenvalue weighted by atomic mass is 32.1. The highest BCUT2D eigenvalue weighted by molar-refractivity contribution is 7.11. The summed E-state index contributed by atoms with van der Waals surface area (Å²) >= 11 is 1.76. The van der Waals surface area contributed by atoms with E-state index < -0.39 is 5.97 Å². The maximum Gasteiger partial charge on any atom is 0.360 e. The second-order valence-corrected chi connectivity index (χ2v) is 5.67. The summed E-state index contributed by atoms with van der Waals surface area (Å²) in [6.07, 6.45) is 1.74. The quantitative estimate of drug-likeness (QED) is 0.860. The van der Waals surface area contributed by atoms with Gasteiger partial charge in [0.05, 0.1) is 13.7 Å². The molecule has 0 unspecified atom stereocenters. The summed E-state index contributed by atoms with van der Waals surface area (Å²) in [6, 6.07) is 4.22. The van der Waals surface area contributed by atoms with Crippen LogP contribution in [0.3, 0.4) is 0 Å². The van der Waals surface area contributed by atoms with E-state index in [9.17, 15) is 4.79 Å². The van der Waals surface area contributed by atoms with Crippen LogP contribution in [0.5, 0.6) is 0 Å². The molecule has 0 amide bonds. The number of aryl methyl sites for hydroxylation is 2. The summed E-state index contributed by atoms with van der Waals surface area (Å²) in [5, 5.41) is 0. The molecule has 20 heavy (non-hydrogen) atoms. The average molecular weight is 293 g/mol. The van der Waals surface area contributed by atoms with Crippen molar-refractivity contribution < 1.29 is 9.53 Å². The van der Waals surface area contributed by atoms with E-state index in [1.54, 1.807) is 11.3 Å². The Morgan fingerprint density at radius 1 is 1.35 bits per heavy atom. The lowest BCUT2D eigenvalue weighted by atomic mass is 10.3. The van der Waals surface area contributed by atoms with E-state index in [0.717, 1.165) is 12.2 Å². The molecule has 0 aliphatic carbocycles. The number of ether oxygens (including phenoxy) is 1. The van der Waals surface area contributed by atoms with Crippen LogP contribution in [0.25, 0.3) is 0 Å². The minimum absolute atomic E-state index is 0.205. The lowest BCUT2D eigenvalue weighted by molar-refractivity contribution is 0.0595. The fourth-order valence-electron chi connectivity index (χ4n) is 2.06. The molecule has 2 rings (SSSR count). The molecule has 0 saturated heterocycles. The van der Waals surface area contributed by atoms with Crippen molar-refractivity contribution in [2.75, 3.05) is 12.8 Å². The van der Waals surface area contributed by atoms with E-state index in [-0.39, 0.29) is 5.69 Å². The number of anilines is 1. The lowest BCUT2D eigenvalue weighted by Crippen LogP contribution is -2.09. The van der Waals surface area contributed by atoms with Crippen molar-refractivity contribution in [1.82, 2.24) is 9.55 Å². The highest BCUT2D eigenvalue weighted by Gasteiger charge is 2.20. The number of hydrogen-bond acceptors (Lipinski definition) is 5. The summed E-state index contributed by atoms with van der Waals surface area (Å²) in [5.41, 5.74) is 6.25. The van der Waals surface area contributed by atoms with Gasteiger partial charge in [0.15, 0.2) is 5.69 Å². The molecule has 0 bridgehead atoms. The van der Waals surface area contributed by atoms with Crippen LogP contribution in [0.4, 0.5) is 5.82 Å². The Balaban J connectivity index is 2.35. The number of rotatable bonds is 5. The SMILES string of the molecule is CCc1ccc(Cn2c(CC)nc(C(=O)OC)c2N)s1. The number of carbonyl (C=O) groups excluding carboxylic acids is 1. The Morgan fingerprint density at radius 2 is 2.05 bits per heavy atom. The van der Waals surface area contributed by atoms with Crippen molar-refractivity contribution in [1.29, 1.82) is 0 Å². The third-order valence-corrected chi connectivity index (χ3v) is 4.37. The number of carbonyl (C=O) groups is 1. The number of thiophene rings is 1. The summed E-state index contributed by atoms with van der Waals surface area (Å²) < 4.78 is 6.60. The van der Waals surface area contributed by atoms with Crippen LogP contribution in [0.2, 0.25) is 0 Å². The van der Waals surface area contributed by atoms with Crippen LogP contribution in [0.15, 0.2) is 12.1 Å². The minimum atomic E-state index is -0.489. The zero-order valence-corrected chi connectivity index (χ0v) is 12.8. The molecule has 0 spiro atoms. The van der Waals surface area contributed by atoms with Crippen LogP contribution in [0, 0.1) is 0 Å².